The molecule has 1 aromatic heterocycles. The highest BCUT2D eigenvalue weighted by Crippen LogP contribution is 2.37. The first-order chi connectivity index (χ1) is 10.9. The predicted octanol–water partition coefficient (Wildman–Crippen LogP) is 4.13. The average molecular weight is 352 g/mol. The molecule has 0 spiro atoms. The number of aromatic nitrogens is 1. The Morgan fingerprint density at radius 2 is 1.88 bits per heavy atom. The number of carbonyl (C=O) groups excluding carboxylic acids is 1. The van der Waals surface area contributed by atoms with Crippen molar-refractivity contribution in [3.8, 4) is 0 Å². The van der Waals surface area contributed by atoms with Gasteiger partial charge in [0.05, 0.1) is 11.2 Å². The second-order valence-corrected chi connectivity index (χ2v) is 8.74. The Labute approximate surface area is 147 Å². The number of nitrogens with zero attached hydrogens (tertiary/aromatic N) is 1. The summed E-state index contributed by atoms with van der Waals surface area (Å²) in [5.74, 6) is 1.85. The van der Waals surface area contributed by atoms with Crippen LogP contribution in [0.3, 0.4) is 0 Å². The molecule has 1 N–H and O–H groups in total. The van der Waals surface area contributed by atoms with Crippen LogP contribution < -0.4 is 5.32 Å². The van der Waals surface area contributed by atoms with Gasteiger partial charge in [-0.25, -0.2) is 9.78 Å². The van der Waals surface area contributed by atoms with Crippen LogP contribution in [0.15, 0.2) is 12.2 Å². The number of anilines is 1. The molecule has 0 aliphatic carbocycles. The third kappa shape index (κ3) is 4.81. The second kappa shape index (κ2) is 6.50. The van der Waals surface area contributed by atoms with Gasteiger partial charge in [0.2, 0.25) is 0 Å². The maximum atomic E-state index is 11.7. The van der Waals surface area contributed by atoms with E-state index in [-0.39, 0.29) is 11.2 Å². The highest BCUT2D eigenvalue weighted by molar-refractivity contribution is 7.16. The third-order valence-electron chi connectivity index (χ3n) is 3.82. The zero-order valence-electron chi connectivity index (χ0n) is 15.3. The van der Waals surface area contributed by atoms with Crippen LogP contribution in [0.2, 0.25) is 0 Å². The van der Waals surface area contributed by atoms with E-state index in [9.17, 15) is 4.79 Å². The van der Waals surface area contributed by atoms with Crippen molar-refractivity contribution in [2.45, 2.75) is 65.3 Å². The molecule has 1 amide bonds. The van der Waals surface area contributed by atoms with Crippen molar-refractivity contribution in [3.63, 3.8) is 0 Å². The highest BCUT2D eigenvalue weighted by atomic mass is 32.1. The van der Waals surface area contributed by atoms with E-state index in [4.69, 9.17) is 14.0 Å². The molecule has 0 radical (unpaired) electrons. The van der Waals surface area contributed by atoms with Gasteiger partial charge in [-0.1, -0.05) is 23.4 Å². The molecule has 2 rings (SSSR count). The molecule has 0 saturated carbocycles. The van der Waals surface area contributed by atoms with Crippen molar-refractivity contribution >= 4 is 35.8 Å². The van der Waals surface area contributed by atoms with E-state index >= 15 is 0 Å². The van der Waals surface area contributed by atoms with Crippen LogP contribution in [0, 0.1) is 0 Å². The van der Waals surface area contributed by atoms with Crippen LogP contribution in [-0.4, -0.2) is 35.0 Å². The zero-order valence-corrected chi connectivity index (χ0v) is 16.1. The van der Waals surface area contributed by atoms with Gasteiger partial charge in [-0.2, -0.15) is 0 Å². The minimum absolute atomic E-state index is 0.362. The largest absolute Gasteiger partial charge is 0.487 e. The molecular weight excluding hydrogens is 327 g/mol. The Morgan fingerprint density at radius 3 is 2.42 bits per heavy atom. The molecule has 0 aromatic carbocycles. The van der Waals surface area contributed by atoms with Gasteiger partial charge in [0.15, 0.2) is 5.13 Å². The maximum Gasteiger partial charge on any atom is 0.487 e. The number of nitrogens with one attached hydrogen (secondary N) is 1. The number of carbonyl (C=O) groups is 1. The topological polar surface area (TPSA) is 69.7 Å². The molecular formula is C16H25BN2O4S. The summed E-state index contributed by atoms with van der Waals surface area (Å²) in [6.45, 7) is 13.5. The molecule has 1 aromatic rings. The molecule has 2 heterocycles. The van der Waals surface area contributed by atoms with Crippen molar-refractivity contribution in [1.29, 1.82) is 0 Å². The average Bonchev–Trinajstić information content (AvgIpc) is 2.87. The van der Waals surface area contributed by atoms with Gasteiger partial charge in [-0.15, -0.1) is 0 Å². The van der Waals surface area contributed by atoms with Crippen LogP contribution in [-0.2, 0) is 14.0 Å². The summed E-state index contributed by atoms with van der Waals surface area (Å²) in [7, 11) is -0.403. The molecule has 1 fully saturated rings. The van der Waals surface area contributed by atoms with Crippen LogP contribution in [0.5, 0.6) is 0 Å². The number of ether oxygens (including phenoxy) is 1. The summed E-state index contributed by atoms with van der Waals surface area (Å²) in [5, 5.41) is 3.11. The Morgan fingerprint density at radius 1 is 1.29 bits per heavy atom. The number of hydrogen-bond donors (Lipinski definition) is 1. The SMILES string of the molecule is CC(C)(C)OC(=O)Nc1ncc(/C=C/B2OC(C)(C)C(C)(C)O2)s1. The summed E-state index contributed by atoms with van der Waals surface area (Å²) < 4.78 is 17.0. The Balaban J connectivity index is 1.94. The third-order valence-corrected chi connectivity index (χ3v) is 4.70. The van der Waals surface area contributed by atoms with E-state index in [1.54, 1.807) is 6.20 Å². The predicted molar refractivity (Wildman–Crippen MR) is 97.1 cm³/mol. The van der Waals surface area contributed by atoms with Gasteiger partial charge >= 0.3 is 13.2 Å². The molecule has 0 bridgehead atoms. The zero-order chi connectivity index (χ0) is 18.2. The lowest BCUT2D eigenvalue weighted by molar-refractivity contribution is 0.00578. The van der Waals surface area contributed by atoms with Crippen molar-refractivity contribution in [1.82, 2.24) is 4.98 Å². The maximum absolute atomic E-state index is 11.7. The molecule has 6 nitrogen and oxygen atoms in total. The van der Waals surface area contributed by atoms with Crippen LogP contribution in [0.1, 0.15) is 53.3 Å². The molecule has 132 valence electrons. The molecule has 0 atom stereocenters. The van der Waals surface area contributed by atoms with E-state index in [0.29, 0.717) is 5.13 Å². The van der Waals surface area contributed by atoms with E-state index < -0.39 is 18.8 Å². The smallest absolute Gasteiger partial charge is 0.444 e. The van der Waals surface area contributed by atoms with E-state index in [2.05, 4.69) is 10.3 Å². The number of amides is 1. The van der Waals surface area contributed by atoms with Gasteiger partial charge in [-0.3, -0.25) is 5.32 Å². The van der Waals surface area contributed by atoms with Crippen LogP contribution >= 0.6 is 11.3 Å². The van der Waals surface area contributed by atoms with Gasteiger partial charge in [-0.05, 0) is 48.5 Å². The lowest BCUT2D eigenvalue weighted by Gasteiger charge is -2.32. The fourth-order valence-corrected chi connectivity index (χ4v) is 2.67. The fourth-order valence-electron chi connectivity index (χ4n) is 1.95. The van der Waals surface area contributed by atoms with Gasteiger partial charge < -0.3 is 14.0 Å². The number of hydrogen-bond acceptors (Lipinski definition) is 6. The van der Waals surface area contributed by atoms with Crippen molar-refractivity contribution in [2.24, 2.45) is 0 Å². The first kappa shape index (κ1) is 19.0. The second-order valence-electron chi connectivity index (χ2n) is 7.68. The van der Waals surface area contributed by atoms with Crippen molar-refractivity contribution in [2.75, 3.05) is 5.32 Å². The Bertz CT molecular complexity index is 618. The number of rotatable bonds is 3. The molecule has 0 unspecified atom stereocenters. The molecule has 24 heavy (non-hydrogen) atoms. The quantitative estimate of drug-likeness (QED) is 0.828. The highest BCUT2D eigenvalue weighted by Gasteiger charge is 2.50. The first-order valence-corrected chi connectivity index (χ1v) is 8.69. The fraction of sp³-hybridized carbons (Fsp3) is 0.625. The van der Waals surface area contributed by atoms with Crippen molar-refractivity contribution < 1.29 is 18.8 Å². The Hall–Kier alpha value is -1.38. The van der Waals surface area contributed by atoms with Crippen molar-refractivity contribution in [3.05, 3.63) is 17.0 Å². The normalized spacial score (nSPS) is 19.7. The standard InChI is InChI=1S/C16H25BN2O4S/c1-14(2,3)21-13(20)19-12-18-10-11(24-12)8-9-17-22-15(4,5)16(6,7)23-17/h8-10H,1-7H3,(H,18,19,20)/b9-8+. The van der Waals surface area contributed by atoms with E-state index in [0.717, 1.165) is 4.88 Å². The van der Waals surface area contributed by atoms with E-state index in [1.807, 2.05) is 60.5 Å². The minimum atomic E-state index is -0.541. The summed E-state index contributed by atoms with van der Waals surface area (Å²) in [6, 6.07) is 0. The minimum Gasteiger partial charge on any atom is -0.444 e. The van der Waals surface area contributed by atoms with Crippen LogP contribution in [0.4, 0.5) is 9.93 Å². The van der Waals surface area contributed by atoms with Crippen LogP contribution in [0.25, 0.3) is 6.08 Å². The van der Waals surface area contributed by atoms with Gasteiger partial charge in [0.25, 0.3) is 0 Å². The summed E-state index contributed by atoms with van der Waals surface area (Å²) in [4.78, 5) is 16.8. The summed E-state index contributed by atoms with van der Waals surface area (Å²) in [5.41, 5.74) is -1.26. The van der Waals surface area contributed by atoms with Gasteiger partial charge in [0, 0.05) is 11.1 Å². The lowest BCUT2D eigenvalue weighted by Crippen LogP contribution is -2.41. The summed E-state index contributed by atoms with van der Waals surface area (Å²) >= 11 is 1.35. The molecule has 1 aliphatic rings. The van der Waals surface area contributed by atoms with Gasteiger partial charge in [0.1, 0.15) is 5.60 Å². The Kier molecular flexibility index (Phi) is 5.13. The number of thiazole rings is 1. The monoisotopic (exact) mass is 352 g/mol. The summed E-state index contributed by atoms with van der Waals surface area (Å²) in [6.07, 6.45) is 3.04. The molecule has 8 heteroatoms. The van der Waals surface area contributed by atoms with E-state index in [1.165, 1.54) is 11.3 Å². The molecule has 1 saturated heterocycles. The molecule has 1 aliphatic heterocycles. The lowest BCUT2D eigenvalue weighted by atomic mass is 9.90. The first-order valence-electron chi connectivity index (χ1n) is 7.88.